The summed E-state index contributed by atoms with van der Waals surface area (Å²) in [5.74, 6) is 0. The predicted molar refractivity (Wildman–Crippen MR) is 123 cm³/mol. The van der Waals surface area contributed by atoms with Gasteiger partial charge in [0, 0.05) is 24.5 Å². The lowest BCUT2D eigenvalue weighted by molar-refractivity contribution is 0.262. The zero-order chi connectivity index (χ0) is 22.0. The van der Waals surface area contributed by atoms with Crippen molar-refractivity contribution < 1.29 is 13.2 Å². The largest absolute Gasteiger partial charge is 0.323 e. The number of sulfonamides is 1. The standard InChI is InChI=1S/C24H25N3O3S/c1-17-6-10-23(11-7-17)31(29,30)27-13-12-19-8-9-22(15-20(19)16-27)26-24(28)25-21-5-3-4-18(2)14-21/h3-11,14-15H,12-13,16H2,1-2H3,(H2,25,26,28). The van der Waals surface area contributed by atoms with Gasteiger partial charge in [0.15, 0.2) is 0 Å². The fourth-order valence-electron chi connectivity index (χ4n) is 3.69. The lowest BCUT2D eigenvalue weighted by Gasteiger charge is -2.28. The van der Waals surface area contributed by atoms with Gasteiger partial charge in [-0.1, -0.05) is 35.9 Å². The van der Waals surface area contributed by atoms with Gasteiger partial charge in [0.25, 0.3) is 0 Å². The van der Waals surface area contributed by atoms with Gasteiger partial charge in [0.1, 0.15) is 0 Å². The summed E-state index contributed by atoms with van der Waals surface area (Å²) < 4.78 is 27.6. The van der Waals surface area contributed by atoms with E-state index in [0.717, 1.165) is 22.3 Å². The molecule has 1 heterocycles. The molecule has 0 radical (unpaired) electrons. The number of nitrogens with one attached hydrogen (secondary N) is 2. The third-order valence-electron chi connectivity index (χ3n) is 5.38. The molecule has 0 saturated heterocycles. The number of rotatable bonds is 4. The third-order valence-corrected chi connectivity index (χ3v) is 7.24. The summed E-state index contributed by atoms with van der Waals surface area (Å²) in [6, 6.07) is 19.8. The Kier molecular flexibility index (Phi) is 5.80. The first kappa shape index (κ1) is 21.1. The van der Waals surface area contributed by atoms with Crippen molar-refractivity contribution in [1.82, 2.24) is 4.31 Å². The van der Waals surface area contributed by atoms with Crippen LogP contribution in [0.5, 0.6) is 0 Å². The van der Waals surface area contributed by atoms with Crippen LogP contribution in [0.2, 0.25) is 0 Å². The molecule has 6 nitrogen and oxygen atoms in total. The molecule has 3 aromatic rings. The average Bonchev–Trinajstić information content (AvgIpc) is 2.73. The topological polar surface area (TPSA) is 78.5 Å². The number of aryl methyl sites for hydroxylation is 2. The average molecular weight is 436 g/mol. The molecule has 0 saturated carbocycles. The molecule has 4 rings (SSSR count). The number of hydrogen-bond donors (Lipinski definition) is 2. The van der Waals surface area contributed by atoms with E-state index < -0.39 is 10.0 Å². The van der Waals surface area contributed by atoms with E-state index in [-0.39, 0.29) is 12.6 Å². The molecule has 1 aliphatic heterocycles. The number of anilines is 2. The van der Waals surface area contributed by atoms with Crippen LogP contribution < -0.4 is 10.6 Å². The summed E-state index contributed by atoms with van der Waals surface area (Å²) in [7, 11) is -3.57. The highest BCUT2D eigenvalue weighted by Crippen LogP contribution is 2.27. The maximum atomic E-state index is 13.0. The van der Waals surface area contributed by atoms with E-state index in [1.54, 1.807) is 24.3 Å². The second-order valence-electron chi connectivity index (χ2n) is 7.83. The highest BCUT2D eigenvalue weighted by Gasteiger charge is 2.28. The Morgan fingerprint density at radius 1 is 0.839 bits per heavy atom. The summed E-state index contributed by atoms with van der Waals surface area (Å²) in [4.78, 5) is 12.7. The van der Waals surface area contributed by atoms with Gasteiger partial charge in [-0.05, 0) is 73.4 Å². The lowest BCUT2D eigenvalue weighted by Crippen LogP contribution is -2.36. The Morgan fingerprint density at radius 3 is 2.26 bits per heavy atom. The Hall–Kier alpha value is -3.16. The fraction of sp³-hybridized carbons (Fsp3) is 0.208. The Balaban J connectivity index is 1.48. The normalized spacial score (nSPS) is 14.0. The Morgan fingerprint density at radius 2 is 1.55 bits per heavy atom. The number of amides is 2. The van der Waals surface area contributed by atoms with Crippen LogP contribution in [0.25, 0.3) is 0 Å². The van der Waals surface area contributed by atoms with E-state index in [1.807, 2.05) is 56.3 Å². The van der Waals surface area contributed by atoms with Crippen LogP contribution in [0.15, 0.2) is 71.6 Å². The summed E-state index contributed by atoms with van der Waals surface area (Å²) >= 11 is 0. The Bertz CT molecular complexity index is 1220. The number of nitrogens with zero attached hydrogens (tertiary/aromatic N) is 1. The molecule has 0 fully saturated rings. The van der Waals surface area contributed by atoms with Crippen molar-refractivity contribution in [2.45, 2.75) is 31.7 Å². The van der Waals surface area contributed by atoms with Crippen molar-refractivity contribution >= 4 is 27.4 Å². The van der Waals surface area contributed by atoms with Crippen LogP contribution in [-0.4, -0.2) is 25.3 Å². The lowest BCUT2D eigenvalue weighted by atomic mass is 10.0. The van der Waals surface area contributed by atoms with Crippen LogP contribution in [0.1, 0.15) is 22.3 Å². The smallest absolute Gasteiger partial charge is 0.308 e. The molecule has 0 unspecified atom stereocenters. The molecule has 0 bridgehead atoms. The molecule has 1 aliphatic rings. The molecule has 0 atom stereocenters. The molecule has 3 aromatic carbocycles. The minimum atomic E-state index is -3.57. The molecular formula is C24H25N3O3S. The van der Waals surface area contributed by atoms with Gasteiger partial charge in [-0.3, -0.25) is 0 Å². The highest BCUT2D eigenvalue weighted by atomic mass is 32.2. The van der Waals surface area contributed by atoms with Crippen LogP contribution in [0.4, 0.5) is 16.2 Å². The van der Waals surface area contributed by atoms with E-state index in [9.17, 15) is 13.2 Å². The van der Waals surface area contributed by atoms with E-state index in [2.05, 4.69) is 10.6 Å². The molecule has 7 heteroatoms. The van der Waals surface area contributed by atoms with Crippen molar-refractivity contribution in [1.29, 1.82) is 0 Å². The molecule has 2 N–H and O–H groups in total. The van der Waals surface area contributed by atoms with E-state index in [0.29, 0.717) is 29.2 Å². The van der Waals surface area contributed by atoms with Gasteiger partial charge in [0.2, 0.25) is 10.0 Å². The molecule has 31 heavy (non-hydrogen) atoms. The quantitative estimate of drug-likeness (QED) is 0.624. The van der Waals surface area contributed by atoms with Crippen LogP contribution in [0, 0.1) is 13.8 Å². The first-order valence-electron chi connectivity index (χ1n) is 10.1. The van der Waals surface area contributed by atoms with Crippen molar-refractivity contribution in [3.8, 4) is 0 Å². The first-order chi connectivity index (χ1) is 14.8. The summed E-state index contributed by atoms with van der Waals surface area (Å²) in [6.07, 6.45) is 0.635. The minimum Gasteiger partial charge on any atom is -0.308 e. The van der Waals surface area contributed by atoms with E-state index in [1.165, 1.54) is 4.31 Å². The molecule has 2 amide bonds. The number of benzene rings is 3. The maximum absolute atomic E-state index is 13.0. The molecule has 0 spiro atoms. The molecule has 160 valence electrons. The maximum Gasteiger partial charge on any atom is 0.323 e. The van der Waals surface area contributed by atoms with Gasteiger partial charge < -0.3 is 10.6 Å². The predicted octanol–water partition coefficient (Wildman–Crippen LogP) is 4.69. The number of hydrogen-bond acceptors (Lipinski definition) is 3. The number of urea groups is 1. The summed E-state index contributed by atoms with van der Waals surface area (Å²) in [5, 5.41) is 5.65. The minimum absolute atomic E-state index is 0.278. The fourth-order valence-corrected chi connectivity index (χ4v) is 5.11. The highest BCUT2D eigenvalue weighted by molar-refractivity contribution is 7.89. The zero-order valence-electron chi connectivity index (χ0n) is 17.6. The van der Waals surface area contributed by atoms with Crippen LogP contribution >= 0.6 is 0 Å². The number of fused-ring (bicyclic) bond motifs is 1. The van der Waals surface area contributed by atoms with Gasteiger partial charge in [-0.25, -0.2) is 13.2 Å². The zero-order valence-corrected chi connectivity index (χ0v) is 18.4. The van der Waals surface area contributed by atoms with Crippen LogP contribution in [-0.2, 0) is 23.0 Å². The second-order valence-corrected chi connectivity index (χ2v) is 9.77. The molecular weight excluding hydrogens is 410 g/mol. The summed E-state index contributed by atoms with van der Waals surface area (Å²) in [5.41, 5.74) is 5.41. The van der Waals surface area contributed by atoms with Crippen molar-refractivity contribution in [3.63, 3.8) is 0 Å². The van der Waals surface area contributed by atoms with E-state index in [4.69, 9.17) is 0 Å². The van der Waals surface area contributed by atoms with Crippen molar-refractivity contribution in [2.75, 3.05) is 17.2 Å². The van der Waals surface area contributed by atoms with Gasteiger partial charge in [-0.15, -0.1) is 0 Å². The summed E-state index contributed by atoms with van der Waals surface area (Å²) in [6.45, 7) is 4.60. The monoisotopic (exact) mass is 435 g/mol. The SMILES string of the molecule is Cc1ccc(S(=O)(=O)N2CCc3ccc(NC(=O)Nc4cccc(C)c4)cc3C2)cc1. The van der Waals surface area contributed by atoms with Gasteiger partial charge in [-0.2, -0.15) is 4.31 Å². The van der Waals surface area contributed by atoms with Gasteiger partial charge in [0.05, 0.1) is 4.90 Å². The van der Waals surface area contributed by atoms with E-state index >= 15 is 0 Å². The number of carbonyl (C=O) groups excluding carboxylic acids is 1. The number of carbonyl (C=O) groups is 1. The first-order valence-corrected chi connectivity index (χ1v) is 11.6. The Labute approximate surface area is 183 Å². The molecule has 0 aliphatic carbocycles. The third kappa shape index (κ3) is 4.78. The van der Waals surface area contributed by atoms with Crippen LogP contribution in [0.3, 0.4) is 0 Å². The van der Waals surface area contributed by atoms with Crippen molar-refractivity contribution in [2.24, 2.45) is 0 Å². The van der Waals surface area contributed by atoms with Gasteiger partial charge >= 0.3 is 6.03 Å². The van der Waals surface area contributed by atoms with Crippen molar-refractivity contribution in [3.05, 3.63) is 89.0 Å². The molecule has 0 aromatic heterocycles. The second kappa shape index (κ2) is 8.53.